The summed E-state index contributed by atoms with van der Waals surface area (Å²) >= 11 is 0. The summed E-state index contributed by atoms with van der Waals surface area (Å²) in [6.45, 7) is 7.39. The first-order chi connectivity index (χ1) is 11.6. The maximum atomic E-state index is 12.7. The van der Waals surface area contributed by atoms with Gasteiger partial charge < -0.3 is 5.32 Å². The number of hydrogen-bond acceptors (Lipinski definition) is 3. The number of hydrogen-bond donors (Lipinski definition) is 1. The Hall–Kier alpha value is -2.34. The van der Waals surface area contributed by atoms with Gasteiger partial charge in [-0.1, -0.05) is 29.8 Å². The maximum Gasteiger partial charge on any atom is 0.248 e. The molecule has 1 atom stereocenters. The van der Waals surface area contributed by atoms with E-state index in [0.29, 0.717) is 11.4 Å². The van der Waals surface area contributed by atoms with Gasteiger partial charge in [0.25, 0.3) is 0 Å². The summed E-state index contributed by atoms with van der Waals surface area (Å²) in [6.07, 6.45) is 1.11. The zero-order chi connectivity index (χ0) is 18.8. The molecule has 1 N–H and O–H groups in total. The van der Waals surface area contributed by atoms with Gasteiger partial charge in [-0.3, -0.25) is 9.10 Å². The van der Waals surface area contributed by atoms with E-state index in [1.165, 1.54) is 0 Å². The van der Waals surface area contributed by atoms with Crippen molar-refractivity contribution in [2.75, 3.05) is 15.9 Å². The number of aryl methyl sites for hydroxylation is 2. The Kier molecular flexibility index (Phi) is 5.52. The molecule has 6 heteroatoms. The van der Waals surface area contributed by atoms with Crippen LogP contribution in [0.3, 0.4) is 0 Å². The van der Waals surface area contributed by atoms with Gasteiger partial charge in [0.15, 0.2) is 0 Å². The molecule has 134 valence electrons. The average Bonchev–Trinajstić information content (AvgIpc) is 2.52. The predicted molar refractivity (Wildman–Crippen MR) is 103 cm³/mol. The van der Waals surface area contributed by atoms with Crippen LogP contribution in [0, 0.1) is 20.8 Å². The molecule has 0 heterocycles. The second-order valence-electron chi connectivity index (χ2n) is 6.31. The lowest BCUT2D eigenvalue weighted by Crippen LogP contribution is -2.45. The van der Waals surface area contributed by atoms with E-state index in [2.05, 4.69) is 5.32 Å². The summed E-state index contributed by atoms with van der Waals surface area (Å²) in [6, 6.07) is 11.8. The van der Waals surface area contributed by atoms with Crippen LogP contribution in [0.1, 0.15) is 23.6 Å². The van der Waals surface area contributed by atoms with E-state index in [4.69, 9.17) is 0 Å². The highest BCUT2D eigenvalue weighted by molar-refractivity contribution is 7.92. The number of sulfonamides is 1. The van der Waals surface area contributed by atoms with Crippen molar-refractivity contribution in [3.05, 3.63) is 59.2 Å². The normalized spacial score (nSPS) is 12.5. The standard InChI is InChI=1S/C19H24N2O3S/c1-13-9-11-17(12-10-13)21(25(5,23)24)16(4)19(22)20-18-8-6-7-14(2)15(18)3/h6-12,16H,1-5H3,(H,20,22)/t16-/m0/s1. The number of carbonyl (C=O) groups excluding carboxylic acids is 1. The molecule has 25 heavy (non-hydrogen) atoms. The van der Waals surface area contributed by atoms with E-state index in [9.17, 15) is 13.2 Å². The number of benzene rings is 2. The van der Waals surface area contributed by atoms with Gasteiger partial charge in [-0.05, 0) is 57.0 Å². The first kappa shape index (κ1) is 19.0. The number of nitrogens with zero attached hydrogens (tertiary/aromatic N) is 1. The quantitative estimate of drug-likeness (QED) is 0.888. The van der Waals surface area contributed by atoms with Gasteiger partial charge in [0.05, 0.1) is 11.9 Å². The number of anilines is 2. The molecule has 0 unspecified atom stereocenters. The monoisotopic (exact) mass is 360 g/mol. The molecule has 5 nitrogen and oxygen atoms in total. The van der Waals surface area contributed by atoms with Crippen molar-refractivity contribution in [2.24, 2.45) is 0 Å². The Balaban J connectivity index is 2.33. The van der Waals surface area contributed by atoms with Crippen LogP contribution in [0.4, 0.5) is 11.4 Å². The molecule has 0 aromatic heterocycles. The number of rotatable bonds is 5. The molecule has 1 amide bonds. The highest BCUT2D eigenvalue weighted by Gasteiger charge is 2.29. The Morgan fingerprint density at radius 3 is 2.20 bits per heavy atom. The lowest BCUT2D eigenvalue weighted by Gasteiger charge is -2.28. The van der Waals surface area contributed by atoms with Gasteiger partial charge in [-0.15, -0.1) is 0 Å². The summed E-state index contributed by atoms with van der Waals surface area (Å²) < 4.78 is 25.7. The molecule has 0 bridgehead atoms. The second kappa shape index (κ2) is 7.27. The summed E-state index contributed by atoms with van der Waals surface area (Å²) in [5.74, 6) is -0.375. The largest absolute Gasteiger partial charge is 0.324 e. The third-order valence-corrected chi connectivity index (χ3v) is 5.48. The molecule has 0 radical (unpaired) electrons. The van der Waals surface area contributed by atoms with Gasteiger partial charge in [-0.25, -0.2) is 8.42 Å². The molecule has 2 rings (SSSR count). The van der Waals surface area contributed by atoms with E-state index in [1.807, 2.05) is 51.1 Å². The van der Waals surface area contributed by atoms with E-state index in [1.54, 1.807) is 19.1 Å². The molecular formula is C19H24N2O3S. The summed E-state index contributed by atoms with van der Waals surface area (Å²) in [5, 5.41) is 2.84. The minimum atomic E-state index is -3.61. The molecular weight excluding hydrogens is 336 g/mol. The molecule has 0 fully saturated rings. The average molecular weight is 360 g/mol. The lowest BCUT2D eigenvalue weighted by atomic mass is 10.1. The highest BCUT2D eigenvalue weighted by Crippen LogP contribution is 2.23. The van der Waals surface area contributed by atoms with Crippen LogP contribution in [-0.2, 0) is 14.8 Å². The van der Waals surface area contributed by atoms with Crippen LogP contribution in [0.15, 0.2) is 42.5 Å². The van der Waals surface area contributed by atoms with E-state index in [0.717, 1.165) is 27.3 Å². The van der Waals surface area contributed by atoms with Gasteiger partial charge in [0.2, 0.25) is 15.9 Å². The van der Waals surface area contributed by atoms with Crippen LogP contribution < -0.4 is 9.62 Å². The second-order valence-corrected chi connectivity index (χ2v) is 8.17. The number of nitrogens with one attached hydrogen (secondary N) is 1. The number of amides is 1. The van der Waals surface area contributed by atoms with Crippen molar-refractivity contribution in [1.82, 2.24) is 0 Å². The SMILES string of the molecule is Cc1ccc(N([C@@H](C)C(=O)Nc2cccc(C)c2C)S(C)(=O)=O)cc1. The van der Waals surface area contributed by atoms with E-state index < -0.39 is 16.1 Å². The van der Waals surface area contributed by atoms with E-state index >= 15 is 0 Å². The fraction of sp³-hybridized carbons (Fsp3) is 0.316. The molecule has 2 aromatic carbocycles. The van der Waals surface area contributed by atoms with Crippen LogP contribution in [-0.4, -0.2) is 26.6 Å². The smallest absolute Gasteiger partial charge is 0.248 e. The minimum Gasteiger partial charge on any atom is -0.324 e. The van der Waals surface area contributed by atoms with E-state index in [-0.39, 0.29) is 5.91 Å². The highest BCUT2D eigenvalue weighted by atomic mass is 32.2. The van der Waals surface area contributed by atoms with Crippen molar-refractivity contribution >= 4 is 27.3 Å². The molecule has 0 saturated carbocycles. The first-order valence-electron chi connectivity index (χ1n) is 8.04. The summed E-state index contributed by atoms with van der Waals surface area (Å²) in [7, 11) is -3.61. The van der Waals surface area contributed by atoms with Crippen molar-refractivity contribution in [3.8, 4) is 0 Å². The minimum absolute atomic E-state index is 0.375. The summed E-state index contributed by atoms with van der Waals surface area (Å²) in [5.41, 5.74) is 4.20. The van der Waals surface area contributed by atoms with Crippen molar-refractivity contribution in [2.45, 2.75) is 33.7 Å². The van der Waals surface area contributed by atoms with Crippen LogP contribution >= 0.6 is 0 Å². The Labute approximate surface area is 149 Å². The molecule has 0 aliphatic heterocycles. The predicted octanol–water partition coefficient (Wildman–Crippen LogP) is 3.41. The fourth-order valence-electron chi connectivity index (χ4n) is 2.62. The fourth-order valence-corrected chi connectivity index (χ4v) is 3.80. The number of carbonyl (C=O) groups is 1. The zero-order valence-electron chi connectivity index (χ0n) is 15.2. The Morgan fingerprint density at radius 1 is 1.04 bits per heavy atom. The molecule has 2 aromatic rings. The third kappa shape index (κ3) is 4.39. The molecule has 0 saturated heterocycles. The van der Waals surface area contributed by atoms with Crippen molar-refractivity contribution < 1.29 is 13.2 Å². The van der Waals surface area contributed by atoms with Gasteiger partial charge in [0.1, 0.15) is 6.04 Å². The lowest BCUT2D eigenvalue weighted by molar-refractivity contribution is -0.116. The van der Waals surface area contributed by atoms with Crippen molar-refractivity contribution in [3.63, 3.8) is 0 Å². The maximum absolute atomic E-state index is 12.7. The van der Waals surface area contributed by atoms with Crippen LogP contribution in [0.5, 0.6) is 0 Å². The first-order valence-corrected chi connectivity index (χ1v) is 9.89. The van der Waals surface area contributed by atoms with Crippen molar-refractivity contribution in [1.29, 1.82) is 0 Å². The Bertz CT molecular complexity index is 874. The molecule has 0 aliphatic rings. The summed E-state index contributed by atoms with van der Waals surface area (Å²) in [4.78, 5) is 12.7. The molecule has 0 spiro atoms. The topological polar surface area (TPSA) is 66.5 Å². The molecule has 0 aliphatic carbocycles. The van der Waals surface area contributed by atoms with Crippen LogP contribution in [0.2, 0.25) is 0 Å². The van der Waals surface area contributed by atoms with Gasteiger partial charge in [0, 0.05) is 5.69 Å². The zero-order valence-corrected chi connectivity index (χ0v) is 16.0. The Morgan fingerprint density at radius 2 is 1.64 bits per heavy atom. The van der Waals surface area contributed by atoms with Gasteiger partial charge in [-0.2, -0.15) is 0 Å². The van der Waals surface area contributed by atoms with Gasteiger partial charge >= 0.3 is 0 Å². The third-order valence-electron chi connectivity index (χ3n) is 4.24. The van der Waals surface area contributed by atoms with Crippen LogP contribution in [0.25, 0.3) is 0 Å².